The van der Waals surface area contributed by atoms with Gasteiger partial charge in [0, 0.05) is 52.4 Å². The molecular weight excluding hydrogens is 496 g/mol. The van der Waals surface area contributed by atoms with Crippen LogP contribution in [0.4, 0.5) is 22.4 Å². The van der Waals surface area contributed by atoms with E-state index in [9.17, 15) is 9.59 Å². The molecule has 0 bridgehead atoms. The van der Waals surface area contributed by atoms with Crippen LogP contribution in [0.1, 0.15) is 62.4 Å². The molecule has 0 spiro atoms. The van der Waals surface area contributed by atoms with Gasteiger partial charge in [-0.15, -0.1) is 0 Å². The number of hydrogen-bond donors (Lipinski definition) is 0. The molecular formula is C29H40N6O4. The molecule has 0 N–H and O–H groups in total. The molecule has 10 heteroatoms. The molecule has 0 atom stereocenters. The van der Waals surface area contributed by atoms with Crippen molar-refractivity contribution in [3.05, 3.63) is 35.4 Å². The fraction of sp³-hybridized carbons (Fsp3) is 0.586. The molecule has 39 heavy (non-hydrogen) atoms. The molecule has 3 fully saturated rings. The molecule has 0 saturated carbocycles. The Morgan fingerprint density at radius 3 is 1.87 bits per heavy atom. The number of nitrogens with zero attached hydrogens (tertiary/aromatic N) is 6. The Balaban J connectivity index is 1.50. The van der Waals surface area contributed by atoms with E-state index in [0.717, 1.165) is 57.4 Å². The van der Waals surface area contributed by atoms with Gasteiger partial charge in [-0.3, -0.25) is 0 Å². The summed E-state index contributed by atoms with van der Waals surface area (Å²) in [6, 6.07) is 7.44. The SMILES string of the molecule is Cc1ccccc1C(=O)Oc1c(N2CCCC2)nc(N2CCCC2)nc1N1CCN(C(=O)OC(C)(C)C)CC1. The van der Waals surface area contributed by atoms with Gasteiger partial charge in [0.15, 0.2) is 11.6 Å². The minimum Gasteiger partial charge on any atom is -0.444 e. The summed E-state index contributed by atoms with van der Waals surface area (Å²) in [4.78, 5) is 44.4. The lowest BCUT2D eigenvalue weighted by Gasteiger charge is -2.37. The number of rotatable bonds is 5. The standard InChI is InChI=1S/C29H40N6O4/c1-21-11-5-6-12-22(21)26(36)38-23-24(32-13-7-8-14-32)30-27(34-15-9-10-16-34)31-25(23)33-17-19-35(20-18-33)28(37)39-29(2,3)4/h5-6,11-12H,7-10,13-20H2,1-4H3. The number of piperazine rings is 1. The lowest BCUT2D eigenvalue weighted by molar-refractivity contribution is 0.0240. The first-order valence-electron chi connectivity index (χ1n) is 14.1. The average molecular weight is 537 g/mol. The van der Waals surface area contributed by atoms with E-state index in [1.165, 1.54) is 0 Å². The summed E-state index contributed by atoms with van der Waals surface area (Å²) in [6.07, 6.45) is 4.04. The van der Waals surface area contributed by atoms with Crippen molar-refractivity contribution in [1.29, 1.82) is 0 Å². The maximum atomic E-state index is 13.5. The van der Waals surface area contributed by atoms with E-state index in [4.69, 9.17) is 19.4 Å². The van der Waals surface area contributed by atoms with Crippen molar-refractivity contribution in [3.63, 3.8) is 0 Å². The zero-order valence-corrected chi connectivity index (χ0v) is 23.6. The normalized spacial score (nSPS) is 18.1. The summed E-state index contributed by atoms with van der Waals surface area (Å²) in [7, 11) is 0. The van der Waals surface area contributed by atoms with Crippen molar-refractivity contribution in [2.45, 2.75) is 59.0 Å². The van der Waals surface area contributed by atoms with Gasteiger partial charge in [-0.1, -0.05) is 18.2 Å². The molecule has 0 aliphatic carbocycles. The van der Waals surface area contributed by atoms with E-state index in [1.807, 2.05) is 45.9 Å². The lowest BCUT2D eigenvalue weighted by atomic mass is 10.1. The van der Waals surface area contributed by atoms with Gasteiger partial charge in [0.25, 0.3) is 0 Å². The van der Waals surface area contributed by atoms with Gasteiger partial charge >= 0.3 is 12.1 Å². The Kier molecular flexibility index (Phi) is 7.81. The van der Waals surface area contributed by atoms with Crippen LogP contribution in [0.2, 0.25) is 0 Å². The van der Waals surface area contributed by atoms with Gasteiger partial charge < -0.3 is 29.1 Å². The molecule has 1 aromatic heterocycles. The van der Waals surface area contributed by atoms with E-state index >= 15 is 0 Å². The zero-order chi connectivity index (χ0) is 27.6. The third-order valence-corrected chi connectivity index (χ3v) is 7.40. The molecule has 3 aliphatic rings. The van der Waals surface area contributed by atoms with E-state index in [2.05, 4.69) is 14.7 Å². The second-order valence-corrected chi connectivity index (χ2v) is 11.5. The van der Waals surface area contributed by atoms with Crippen molar-refractivity contribution in [1.82, 2.24) is 14.9 Å². The van der Waals surface area contributed by atoms with Gasteiger partial charge in [-0.25, -0.2) is 9.59 Å². The fourth-order valence-corrected chi connectivity index (χ4v) is 5.30. The highest BCUT2D eigenvalue weighted by molar-refractivity contribution is 5.94. The summed E-state index contributed by atoms with van der Waals surface area (Å²) in [6.45, 7) is 13.1. The lowest BCUT2D eigenvalue weighted by Crippen LogP contribution is -2.50. The molecule has 1 amide bonds. The Morgan fingerprint density at radius 1 is 0.769 bits per heavy atom. The predicted octanol–water partition coefficient (Wildman–Crippen LogP) is 4.26. The second-order valence-electron chi connectivity index (χ2n) is 11.5. The topological polar surface area (TPSA) is 91.3 Å². The number of ether oxygens (including phenoxy) is 2. The van der Waals surface area contributed by atoms with Crippen molar-refractivity contribution in [2.75, 3.05) is 67.1 Å². The highest BCUT2D eigenvalue weighted by atomic mass is 16.6. The van der Waals surface area contributed by atoms with Gasteiger partial charge in [0.05, 0.1) is 5.56 Å². The average Bonchev–Trinajstić information content (AvgIpc) is 3.63. The summed E-state index contributed by atoms with van der Waals surface area (Å²) in [5, 5.41) is 0. The predicted molar refractivity (Wildman–Crippen MR) is 151 cm³/mol. The number of benzene rings is 1. The maximum Gasteiger partial charge on any atom is 0.410 e. The van der Waals surface area contributed by atoms with Gasteiger partial charge in [-0.2, -0.15) is 9.97 Å². The van der Waals surface area contributed by atoms with Crippen LogP contribution >= 0.6 is 0 Å². The smallest absolute Gasteiger partial charge is 0.410 e. The first-order chi connectivity index (χ1) is 18.7. The monoisotopic (exact) mass is 536 g/mol. The number of aromatic nitrogens is 2. The van der Waals surface area contributed by atoms with Crippen LogP contribution in [0.15, 0.2) is 24.3 Å². The van der Waals surface area contributed by atoms with Crippen LogP contribution in [0.5, 0.6) is 5.75 Å². The van der Waals surface area contributed by atoms with E-state index in [0.29, 0.717) is 55.1 Å². The minimum absolute atomic E-state index is 0.313. The number of carbonyl (C=O) groups excluding carboxylic acids is 2. The molecule has 3 saturated heterocycles. The molecule has 210 valence electrons. The summed E-state index contributed by atoms with van der Waals surface area (Å²) < 4.78 is 11.8. The van der Waals surface area contributed by atoms with Crippen LogP contribution in [0.3, 0.4) is 0 Å². The number of hydrogen-bond acceptors (Lipinski definition) is 9. The van der Waals surface area contributed by atoms with Crippen LogP contribution in [0, 0.1) is 6.92 Å². The maximum absolute atomic E-state index is 13.5. The molecule has 3 aliphatic heterocycles. The zero-order valence-electron chi connectivity index (χ0n) is 23.6. The Hall–Kier alpha value is -3.56. The first kappa shape index (κ1) is 27.0. The number of amides is 1. The van der Waals surface area contributed by atoms with Crippen LogP contribution < -0.4 is 19.4 Å². The number of aryl methyl sites for hydroxylation is 1. The summed E-state index contributed by atoms with van der Waals surface area (Å²) in [5.41, 5.74) is 0.828. The first-order valence-corrected chi connectivity index (χ1v) is 14.1. The van der Waals surface area contributed by atoms with Crippen LogP contribution in [-0.2, 0) is 4.74 Å². The van der Waals surface area contributed by atoms with Crippen LogP contribution in [-0.4, -0.2) is 84.9 Å². The van der Waals surface area contributed by atoms with E-state index in [1.54, 1.807) is 11.0 Å². The molecule has 1 aromatic carbocycles. The number of carbonyl (C=O) groups is 2. The summed E-state index contributed by atoms with van der Waals surface area (Å²) in [5.74, 6) is 1.95. The van der Waals surface area contributed by atoms with Gasteiger partial charge in [0.2, 0.25) is 11.7 Å². The van der Waals surface area contributed by atoms with Crippen molar-refractivity contribution in [3.8, 4) is 5.75 Å². The Bertz CT molecular complexity index is 1190. The largest absolute Gasteiger partial charge is 0.444 e. The highest BCUT2D eigenvalue weighted by Crippen LogP contribution is 2.40. The molecule has 0 radical (unpaired) electrons. The third-order valence-electron chi connectivity index (χ3n) is 7.40. The quantitative estimate of drug-likeness (QED) is 0.520. The van der Waals surface area contributed by atoms with Crippen molar-refractivity contribution >= 4 is 29.6 Å². The third kappa shape index (κ3) is 6.20. The molecule has 0 unspecified atom stereocenters. The fourth-order valence-electron chi connectivity index (χ4n) is 5.30. The van der Waals surface area contributed by atoms with Crippen molar-refractivity contribution < 1.29 is 19.1 Å². The summed E-state index contributed by atoms with van der Waals surface area (Å²) >= 11 is 0. The van der Waals surface area contributed by atoms with E-state index < -0.39 is 11.6 Å². The van der Waals surface area contributed by atoms with Crippen LogP contribution in [0.25, 0.3) is 0 Å². The number of esters is 1. The minimum atomic E-state index is -0.549. The number of anilines is 3. The highest BCUT2D eigenvalue weighted by Gasteiger charge is 2.33. The van der Waals surface area contributed by atoms with E-state index in [-0.39, 0.29) is 6.09 Å². The molecule has 4 heterocycles. The van der Waals surface area contributed by atoms with Crippen molar-refractivity contribution in [2.24, 2.45) is 0 Å². The Labute approximate surface area is 230 Å². The molecule has 10 nitrogen and oxygen atoms in total. The Morgan fingerprint density at radius 2 is 1.31 bits per heavy atom. The van der Waals surface area contributed by atoms with Gasteiger partial charge in [0.1, 0.15) is 5.60 Å². The van der Waals surface area contributed by atoms with Gasteiger partial charge in [-0.05, 0) is 65.0 Å². The second kappa shape index (κ2) is 11.3. The molecule has 2 aromatic rings. The molecule has 5 rings (SSSR count).